The summed E-state index contributed by atoms with van der Waals surface area (Å²) in [5, 5.41) is 0.542. The van der Waals surface area contributed by atoms with E-state index in [4.69, 9.17) is 10.5 Å². The van der Waals surface area contributed by atoms with Crippen LogP contribution in [-0.2, 0) is 0 Å². The number of rotatable bonds is 4. The highest BCUT2D eigenvalue weighted by Gasteiger charge is 2.20. The molecule has 4 rings (SSSR count). The molecule has 0 aliphatic heterocycles. The number of benzene rings is 2. The maximum Gasteiger partial charge on any atom is 0.226 e. The van der Waals surface area contributed by atoms with Crippen molar-refractivity contribution in [3.05, 3.63) is 47.8 Å². The van der Waals surface area contributed by atoms with Crippen LogP contribution < -0.4 is 10.5 Å². The van der Waals surface area contributed by atoms with Crippen LogP contribution in [0.3, 0.4) is 0 Å². The lowest BCUT2D eigenvalue weighted by atomic mass is 9.86. The van der Waals surface area contributed by atoms with Gasteiger partial charge in [-0.2, -0.15) is 4.98 Å². The molecule has 0 saturated heterocycles. The van der Waals surface area contributed by atoms with E-state index < -0.39 is 17.5 Å². The first kappa shape index (κ1) is 16.6. The largest absolute Gasteiger partial charge is 0.477 e. The zero-order valence-electron chi connectivity index (χ0n) is 13.8. The molecule has 0 bridgehead atoms. The monoisotopic (exact) mass is 359 g/mol. The van der Waals surface area contributed by atoms with Gasteiger partial charge in [0, 0.05) is 5.56 Å². The third-order valence-corrected chi connectivity index (χ3v) is 4.70. The fraction of sp³-hybridized carbons (Fsp3) is 0.263. The van der Waals surface area contributed by atoms with E-state index in [0.717, 1.165) is 18.9 Å². The zero-order valence-corrected chi connectivity index (χ0v) is 13.8. The van der Waals surface area contributed by atoms with Crippen molar-refractivity contribution < 1.29 is 17.9 Å². The van der Waals surface area contributed by atoms with Crippen molar-refractivity contribution in [1.82, 2.24) is 9.97 Å². The van der Waals surface area contributed by atoms with Crippen molar-refractivity contribution in [3.63, 3.8) is 0 Å². The van der Waals surface area contributed by atoms with E-state index in [1.165, 1.54) is 12.5 Å². The van der Waals surface area contributed by atoms with Gasteiger partial charge in [-0.05, 0) is 48.6 Å². The number of nitrogens with two attached hydrogens (primary N) is 1. The van der Waals surface area contributed by atoms with E-state index in [0.29, 0.717) is 34.9 Å². The van der Waals surface area contributed by atoms with Crippen LogP contribution in [0.1, 0.15) is 19.3 Å². The minimum Gasteiger partial charge on any atom is -0.477 e. The first-order chi connectivity index (χ1) is 12.5. The van der Waals surface area contributed by atoms with Crippen molar-refractivity contribution >= 4 is 16.9 Å². The molecule has 1 aromatic heterocycles. The van der Waals surface area contributed by atoms with E-state index in [1.54, 1.807) is 18.2 Å². The van der Waals surface area contributed by atoms with E-state index >= 15 is 0 Å². The summed E-state index contributed by atoms with van der Waals surface area (Å²) in [7, 11) is 0. The van der Waals surface area contributed by atoms with Gasteiger partial charge in [0.1, 0.15) is 0 Å². The molecule has 1 aliphatic rings. The van der Waals surface area contributed by atoms with Crippen LogP contribution in [0.15, 0.2) is 30.3 Å². The lowest BCUT2D eigenvalue weighted by molar-refractivity contribution is 0.177. The van der Waals surface area contributed by atoms with Gasteiger partial charge in [-0.15, -0.1) is 0 Å². The fourth-order valence-corrected chi connectivity index (χ4v) is 3.00. The quantitative estimate of drug-likeness (QED) is 0.698. The Morgan fingerprint density at radius 1 is 1.04 bits per heavy atom. The molecule has 7 heteroatoms. The van der Waals surface area contributed by atoms with Gasteiger partial charge in [0.2, 0.25) is 11.8 Å². The van der Waals surface area contributed by atoms with E-state index in [9.17, 15) is 13.2 Å². The number of nitrogens with zero attached hydrogens (tertiary/aromatic N) is 2. The summed E-state index contributed by atoms with van der Waals surface area (Å²) in [6.45, 7) is 0.523. The molecule has 3 aromatic rings. The highest BCUT2D eigenvalue weighted by molar-refractivity contribution is 5.89. The van der Waals surface area contributed by atoms with E-state index in [1.807, 2.05) is 0 Å². The van der Waals surface area contributed by atoms with Crippen LogP contribution in [0, 0.1) is 23.4 Å². The summed E-state index contributed by atoms with van der Waals surface area (Å²) in [5.41, 5.74) is 6.59. The van der Waals surface area contributed by atoms with Crippen LogP contribution in [0.25, 0.3) is 22.0 Å². The summed E-state index contributed by atoms with van der Waals surface area (Å²) in [6, 6.07) is 6.88. The van der Waals surface area contributed by atoms with Gasteiger partial charge >= 0.3 is 0 Å². The average Bonchev–Trinajstić information content (AvgIpc) is 2.58. The summed E-state index contributed by atoms with van der Waals surface area (Å²) < 4.78 is 46.7. The first-order valence-corrected chi connectivity index (χ1v) is 8.37. The Hall–Kier alpha value is -2.83. The maximum absolute atomic E-state index is 14.1. The molecule has 0 unspecified atom stereocenters. The minimum absolute atomic E-state index is 0.0485. The van der Waals surface area contributed by atoms with Crippen molar-refractivity contribution in [2.45, 2.75) is 19.3 Å². The molecule has 2 aromatic carbocycles. The molecule has 0 spiro atoms. The predicted molar refractivity (Wildman–Crippen MR) is 92.1 cm³/mol. The number of halogens is 3. The number of ether oxygens (including phenoxy) is 1. The Morgan fingerprint density at radius 3 is 2.58 bits per heavy atom. The second-order valence-corrected chi connectivity index (χ2v) is 6.45. The second-order valence-electron chi connectivity index (χ2n) is 6.45. The first-order valence-electron chi connectivity index (χ1n) is 8.37. The van der Waals surface area contributed by atoms with Gasteiger partial charge < -0.3 is 10.5 Å². The highest BCUT2D eigenvalue weighted by atomic mass is 19.2. The lowest BCUT2D eigenvalue weighted by Gasteiger charge is -2.25. The molecular formula is C19H16F3N3O. The third kappa shape index (κ3) is 2.94. The number of nitrogen functional groups attached to an aromatic ring is 1. The van der Waals surface area contributed by atoms with Crippen LogP contribution in [0.4, 0.5) is 19.1 Å². The molecule has 0 atom stereocenters. The minimum atomic E-state index is -1.50. The topological polar surface area (TPSA) is 61.0 Å². The second kappa shape index (κ2) is 6.48. The van der Waals surface area contributed by atoms with Crippen molar-refractivity contribution in [2.24, 2.45) is 5.92 Å². The molecule has 1 heterocycles. The Kier molecular flexibility index (Phi) is 4.14. The molecule has 26 heavy (non-hydrogen) atoms. The average molecular weight is 359 g/mol. The summed E-state index contributed by atoms with van der Waals surface area (Å²) in [5.74, 6) is -3.09. The third-order valence-electron chi connectivity index (χ3n) is 4.70. The molecule has 1 saturated carbocycles. The fourth-order valence-electron chi connectivity index (χ4n) is 3.00. The molecule has 1 fully saturated rings. The van der Waals surface area contributed by atoms with Gasteiger partial charge in [0.25, 0.3) is 0 Å². The molecule has 134 valence electrons. The Bertz CT molecular complexity index is 989. The van der Waals surface area contributed by atoms with Gasteiger partial charge in [0.15, 0.2) is 17.5 Å². The van der Waals surface area contributed by atoms with Crippen molar-refractivity contribution in [3.8, 4) is 17.0 Å². The van der Waals surface area contributed by atoms with Gasteiger partial charge in [-0.1, -0.05) is 12.5 Å². The number of hydrogen-bond donors (Lipinski definition) is 1. The van der Waals surface area contributed by atoms with Gasteiger partial charge in [-0.3, -0.25) is 0 Å². The molecule has 2 N–H and O–H groups in total. The summed E-state index contributed by atoms with van der Waals surface area (Å²) in [4.78, 5) is 8.28. The Balaban J connectivity index is 1.78. The van der Waals surface area contributed by atoms with Crippen LogP contribution in [-0.4, -0.2) is 16.6 Å². The standard InChI is InChI=1S/C19H16F3N3O/c20-14-6-5-12(16(21)17(14)22)11-4-7-15-13(8-11)18(25-19(23)24-15)26-9-10-2-1-3-10/h4-8,10H,1-3,9H2,(H2,23,24,25). The molecular weight excluding hydrogens is 343 g/mol. The molecule has 4 nitrogen and oxygen atoms in total. The van der Waals surface area contributed by atoms with Gasteiger partial charge in [0.05, 0.1) is 17.5 Å². The van der Waals surface area contributed by atoms with E-state index in [-0.39, 0.29) is 11.5 Å². The van der Waals surface area contributed by atoms with E-state index in [2.05, 4.69) is 9.97 Å². The van der Waals surface area contributed by atoms with Crippen molar-refractivity contribution in [1.29, 1.82) is 0 Å². The molecule has 0 amide bonds. The predicted octanol–water partition coefficient (Wildman–Crippen LogP) is 4.48. The lowest BCUT2D eigenvalue weighted by Crippen LogP contribution is -2.19. The highest BCUT2D eigenvalue weighted by Crippen LogP contribution is 2.33. The summed E-state index contributed by atoms with van der Waals surface area (Å²) in [6.07, 6.45) is 3.42. The SMILES string of the molecule is Nc1nc(OCC2CCC2)c2cc(-c3ccc(F)c(F)c3F)ccc2n1. The smallest absolute Gasteiger partial charge is 0.226 e. The molecule has 1 aliphatic carbocycles. The van der Waals surface area contributed by atoms with Crippen molar-refractivity contribution in [2.75, 3.05) is 12.3 Å². The number of aromatic nitrogens is 2. The number of hydrogen-bond acceptors (Lipinski definition) is 4. The Morgan fingerprint density at radius 2 is 1.85 bits per heavy atom. The normalized spacial score (nSPS) is 14.4. The number of fused-ring (bicyclic) bond motifs is 1. The number of anilines is 1. The van der Waals surface area contributed by atoms with Crippen LogP contribution in [0.2, 0.25) is 0 Å². The Labute approximate surface area is 147 Å². The summed E-state index contributed by atoms with van der Waals surface area (Å²) >= 11 is 0. The maximum atomic E-state index is 14.1. The molecule has 0 radical (unpaired) electrons. The zero-order chi connectivity index (χ0) is 18.3. The van der Waals surface area contributed by atoms with Crippen LogP contribution in [0.5, 0.6) is 5.88 Å². The van der Waals surface area contributed by atoms with Gasteiger partial charge in [-0.25, -0.2) is 18.2 Å². The van der Waals surface area contributed by atoms with Crippen LogP contribution >= 0.6 is 0 Å².